The van der Waals surface area contributed by atoms with Crippen LogP contribution >= 0.6 is 11.6 Å². The van der Waals surface area contributed by atoms with Gasteiger partial charge >= 0.3 is 5.97 Å². The summed E-state index contributed by atoms with van der Waals surface area (Å²) in [5.74, 6) is -0.631. The van der Waals surface area contributed by atoms with Crippen molar-refractivity contribution in [3.8, 4) is 0 Å². The number of rotatable bonds is 4. The third-order valence-corrected chi connectivity index (χ3v) is 2.52. The minimum Gasteiger partial charge on any atom is -0.469 e. The molecule has 0 fully saturated rings. The summed E-state index contributed by atoms with van der Waals surface area (Å²) in [6.45, 7) is 0.275. The minimum absolute atomic E-state index is 0.149. The molecule has 6 heteroatoms. The van der Waals surface area contributed by atoms with E-state index in [0.29, 0.717) is 5.56 Å². The third-order valence-electron chi connectivity index (χ3n) is 2.22. The van der Waals surface area contributed by atoms with Crippen LogP contribution in [0.3, 0.4) is 0 Å². The molecule has 0 aliphatic rings. The second kappa shape index (κ2) is 6.20. The lowest BCUT2D eigenvalue weighted by Gasteiger charge is -2.16. The molecule has 1 heterocycles. The first-order chi connectivity index (χ1) is 8.06. The molecule has 0 saturated heterocycles. The van der Waals surface area contributed by atoms with Gasteiger partial charge in [0.25, 0.3) is 5.91 Å². The van der Waals surface area contributed by atoms with E-state index in [9.17, 15) is 9.59 Å². The van der Waals surface area contributed by atoms with Gasteiger partial charge in [-0.05, 0) is 12.1 Å². The fourth-order valence-corrected chi connectivity index (χ4v) is 1.41. The van der Waals surface area contributed by atoms with E-state index in [1.165, 1.54) is 18.2 Å². The molecule has 0 unspecified atom stereocenters. The van der Waals surface area contributed by atoms with Crippen molar-refractivity contribution >= 4 is 23.5 Å². The highest BCUT2D eigenvalue weighted by Gasteiger charge is 2.16. The van der Waals surface area contributed by atoms with Crippen LogP contribution in [0.1, 0.15) is 16.8 Å². The Morgan fingerprint density at radius 2 is 2.24 bits per heavy atom. The fraction of sp³-hybridized carbons (Fsp3) is 0.364. The molecule has 0 aromatic carbocycles. The normalized spacial score (nSPS) is 9.82. The van der Waals surface area contributed by atoms with E-state index in [1.54, 1.807) is 19.2 Å². The first kappa shape index (κ1) is 13.4. The smallest absolute Gasteiger partial charge is 0.307 e. The first-order valence-electron chi connectivity index (χ1n) is 4.99. The lowest BCUT2D eigenvalue weighted by atomic mass is 10.2. The molecule has 0 N–H and O–H groups in total. The maximum absolute atomic E-state index is 11.9. The van der Waals surface area contributed by atoms with E-state index >= 15 is 0 Å². The first-order valence-corrected chi connectivity index (χ1v) is 5.37. The zero-order valence-corrected chi connectivity index (χ0v) is 10.4. The van der Waals surface area contributed by atoms with Gasteiger partial charge < -0.3 is 9.64 Å². The summed E-state index contributed by atoms with van der Waals surface area (Å²) < 4.78 is 4.49. The lowest BCUT2D eigenvalue weighted by molar-refractivity contribution is -0.140. The molecule has 0 spiro atoms. The number of esters is 1. The highest BCUT2D eigenvalue weighted by Crippen LogP contribution is 2.13. The van der Waals surface area contributed by atoms with Gasteiger partial charge in [0, 0.05) is 19.8 Å². The average Bonchev–Trinajstić information content (AvgIpc) is 2.35. The Balaban J connectivity index is 2.64. The molecule has 0 aliphatic heterocycles. The quantitative estimate of drug-likeness (QED) is 0.603. The molecule has 0 bridgehead atoms. The van der Waals surface area contributed by atoms with Gasteiger partial charge in [-0.3, -0.25) is 9.59 Å². The zero-order valence-electron chi connectivity index (χ0n) is 9.64. The summed E-state index contributed by atoms with van der Waals surface area (Å²) in [5, 5.41) is 0.155. The maximum atomic E-state index is 11.9. The SMILES string of the molecule is COC(=O)CCN(C)C(=O)c1cccnc1Cl. The third kappa shape index (κ3) is 3.71. The monoisotopic (exact) mass is 256 g/mol. The molecule has 0 atom stereocenters. The maximum Gasteiger partial charge on any atom is 0.307 e. The van der Waals surface area contributed by atoms with E-state index in [2.05, 4.69) is 9.72 Å². The second-order valence-electron chi connectivity index (χ2n) is 3.39. The Hall–Kier alpha value is -1.62. The van der Waals surface area contributed by atoms with Crippen molar-refractivity contribution in [2.45, 2.75) is 6.42 Å². The average molecular weight is 257 g/mol. The molecule has 0 saturated carbocycles. The van der Waals surface area contributed by atoms with E-state index in [-0.39, 0.29) is 30.0 Å². The van der Waals surface area contributed by atoms with Gasteiger partial charge in [0.15, 0.2) is 0 Å². The van der Waals surface area contributed by atoms with Crippen LogP contribution in [0.4, 0.5) is 0 Å². The standard InChI is InChI=1S/C11H13ClN2O3/c1-14(7-5-9(15)17-2)11(16)8-4-3-6-13-10(8)12/h3-4,6H,5,7H2,1-2H3. The van der Waals surface area contributed by atoms with Gasteiger partial charge in [0.1, 0.15) is 5.15 Å². The predicted molar refractivity (Wildman–Crippen MR) is 62.8 cm³/mol. The summed E-state index contributed by atoms with van der Waals surface area (Å²) in [5.41, 5.74) is 0.321. The van der Waals surface area contributed by atoms with Gasteiger partial charge in [0.2, 0.25) is 0 Å². The largest absolute Gasteiger partial charge is 0.469 e. The van der Waals surface area contributed by atoms with E-state index in [1.807, 2.05) is 0 Å². The number of hydrogen-bond donors (Lipinski definition) is 0. The van der Waals surface area contributed by atoms with Crippen LogP contribution in [0.15, 0.2) is 18.3 Å². The molecular weight excluding hydrogens is 244 g/mol. The Labute approximate surface area is 104 Å². The molecule has 1 aromatic rings. The number of pyridine rings is 1. The number of halogens is 1. The molecule has 1 rings (SSSR count). The van der Waals surface area contributed by atoms with Crippen molar-refractivity contribution in [3.05, 3.63) is 29.0 Å². The van der Waals surface area contributed by atoms with Crippen LogP contribution in [0.5, 0.6) is 0 Å². The topological polar surface area (TPSA) is 59.5 Å². The summed E-state index contributed by atoms with van der Waals surface area (Å²) >= 11 is 5.80. The van der Waals surface area contributed by atoms with Gasteiger partial charge in [-0.25, -0.2) is 4.98 Å². The summed E-state index contributed by atoms with van der Waals surface area (Å²) in [4.78, 5) is 28.1. The molecular formula is C11H13ClN2O3. The second-order valence-corrected chi connectivity index (χ2v) is 3.75. The van der Waals surface area contributed by atoms with Crippen molar-refractivity contribution in [2.24, 2.45) is 0 Å². The summed E-state index contributed by atoms with van der Waals surface area (Å²) in [7, 11) is 2.90. The number of methoxy groups -OCH3 is 1. The number of carbonyl (C=O) groups excluding carboxylic acids is 2. The number of nitrogens with zero attached hydrogens (tertiary/aromatic N) is 2. The van der Waals surface area contributed by atoms with Crippen LogP contribution in [0.25, 0.3) is 0 Å². The molecule has 1 aromatic heterocycles. The zero-order chi connectivity index (χ0) is 12.8. The fourth-order valence-electron chi connectivity index (χ4n) is 1.21. The van der Waals surface area contributed by atoms with Crippen molar-refractivity contribution in [3.63, 3.8) is 0 Å². The lowest BCUT2D eigenvalue weighted by Crippen LogP contribution is -2.29. The summed E-state index contributed by atoms with van der Waals surface area (Å²) in [6, 6.07) is 3.22. The van der Waals surface area contributed by atoms with Gasteiger partial charge in [-0.1, -0.05) is 11.6 Å². The van der Waals surface area contributed by atoms with Gasteiger partial charge in [-0.2, -0.15) is 0 Å². The van der Waals surface area contributed by atoms with Crippen LogP contribution in [0, 0.1) is 0 Å². The van der Waals surface area contributed by atoms with E-state index in [4.69, 9.17) is 11.6 Å². The van der Waals surface area contributed by atoms with Crippen molar-refractivity contribution in [2.75, 3.05) is 20.7 Å². The van der Waals surface area contributed by atoms with E-state index in [0.717, 1.165) is 0 Å². The van der Waals surface area contributed by atoms with Crippen molar-refractivity contribution in [1.29, 1.82) is 0 Å². The predicted octanol–water partition coefficient (Wildman–Crippen LogP) is 1.37. The number of amides is 1. The molecule has 5 nitrogen and oxygen atoms in total. The summed E-state index contributed by atoms with van der Waals surface area (Å²) in [6.07, 6.45) is 1.66. The Kier molecular flexibility index (Phi) is 4.90. The Bertz CT molecular complexity index is 423. The number of aromatic nitrogens is 1. The Morgan fingerprint density at radius 3 is 2.82 bits per heavy atom. The van der Waals surface area contributed by atoms with Gasteiger partial charge in [-0.15, -0.1) is 0 Å². The molecule has 17 heavy (non-hydrogen) atoms. The van der Waals surface area contributed by atoms with Crippen LogP contribution in [-0.2, 0) is 9.53 Å². The van der Waals surface area contributed by atoms with Crippen molar-refractivity contribution in [1.82, 2.24) is 9.88 Å². The van der Waals surface area contributed by atoms with Crippen molar-refractivity contribution < 1.29 is 14.3 Å². The Morgan fingerprint density at radius 1 is 1.53 bits per heavy atom. The van der Waals surface area contributed by atoms with Crippen LogP contribution in [-0.4, -0.2) is 42.5 Å². The molecule has 0 aliphatic carbocycles. The van der Waals surface area contributed by atoms with E-state index < -0.39 is 0 Å². The number of carbonyl (C=O) groups is 2. The number of hydrogen-bond acceptors (Lipinski definition) is 4. The minimum atomic E-state index is -0.359. The highest BCUT2D eigenvalue weighted by molar-refractivity contribution is 6.32. The highest BCUT2D eigenvalue weighted by atomic mass is 35.5. The molecule has 0 radical (unpaired) electrons. The molecule has 92 valence electrons. The molecule has 1 amide bonds. The van der Waals surface area contributed by atoms with Gasteiger partial charge in [0.05, 0.1) is 19.1 Å². The van der Waals surface area contributed by atoms with Crippen LogP contribution < -0.4 is 0 Å². The van der Waals surface area contributed by atoms with Crippen LogP contribution in [0.2, 0.25) is 5.15 Å². The number of ether oxygens (including phenoxy) is 1.